The lowest BCUT2D eigenvalue weighted by Gasteiger charge is -2.36. The van der Waals surface area contributed by atoms with Gasteiger partial charge in [0.05, 0.1) is 21.3 Å². The van der Waals surface area contributed by atoms with Crippen LogP contribution in [0.1, 0.15) is 34.0 Å². The van der Waals surface area contributed by atoms with Crippen LogP contribution in [0.3, 0.4) is 0 Å². The van der Waals surface area contributed by atoms with Crippen molar-refractivity contribution in [2.45, 2.75) is 19.1 Å². The smallest absolute Gasteiger partial charge is 0.341 e. The SMILES string of the molecule is CCn1c2ccccc2c2ccc(C3(c4ccc(OC)cc4)C=Cc4c(ccc5cc(OC)c(C(=O)OC)cc45)O3)cc21. The van der Waals surface area contributed by atoms with Crippen LogP contribution >= 0.6 is 0 Å². The van der Waals surface area contributed by atoms with Gasteiger partial charge in [0, 0.05) is 45.0 Å². The highest BCUT2D eigenvalue weighted by Crippen LogP contribution is 2.46. The van der Waals surface area contributed by atoms with Crippen molar-refractivity contribution < 1.29 is 23.7 Å². The minimum Gasteiger partial charge on any atom is -0.497 e. The number of ether oxygens (including phenoxy) is 4. The molecule has 6 nitrogen and oxygen atoms in total. The van der Waals surface area contributed by atoms with Crippen LogP contribution in [-0.2, 0) is 16.9 Å². The molecule has 0 fully saturated rings. The van der Waals surface area contributed by atoms with Gasteiger partial charge in [-0.1, -0.05) is 48.5 Å². The molecule has 0 bridgehead atoms. The number of carbonyl (C=O) groups is 1. The Hall–Kier alpha value is -5.23. The zero-order valence-corrected chi connectivity index (χ0v) is 24.5. The standard InChI is InChI=1S/C37H31NO5/c1-5-38-32-9-7-6-8-27(32)28-16-13-25(21-33(28)38)37(24-11-14-26(40-2)15-12-24)19-18-29-30-22-31(36(39)42-4)35(41-3)20-23(30)10-17-34(29)43-37/h6-22H,5H2,1-4H3. The molecule has 1 unspecified atom stereocenters. The molecule has 7 rings (SSSR count). The summed E-state index contributed by atoms with van der Waals surface area (Å²) in [5, 5.41) is 4.25. The zero-order valence-electron chi connectivity index (χ0n) is 24.5. The molecule has 1 aliphatic heterocycles. The fourth-order valence-electron chi connectivity index (χ4n) is 6.40. The number of hydrogen-bond acceptors (Lipinski definition) is 5. The highest BCUT2D eigenvalue weighted by molar-refractivity contribution is 6.08. The van der Waals surface area contributed by atoms with E-state index < -0.39 is 11.6 Å². The van der Waals surface area contributed by atoms with Gasteiger partial charge in [-0.05, 0) is 72.3 Å². The van der Waals surface area contributed by atoms with Crippen LogP contribution in [0, 0.1) is 0 Å². The molecule has 0 aliphatic carbocycles. The molecule has 6 aromatic rings. The number of fused-ring (bicyclic) bond motifs is 6. The maximum absolute atomic E-state index is 12.6. The monoisotopic (exact) mass is 569 g/mol. The van der Waals surface area contributed by atoms with Crippen molar-refractivity contribution >= 4 is 44.6 Å². The summed E-state index contributed by atoms with van der Waals surface area (Å²) >= 11 is 0. The molecule has 0 spiro atoms. The number of nitrogens with zero attached hydrogens (tertiary/aromatic N) is 1. The molecular weight excluding hydrogens is 538 g/mol. The highest BCUT2D eigenvalue weighted by atomic mass is 16.5. The van der Waals surface area contributed by atoms with Gasteiger partial charge in [0.1, 0.15) is 22.8 Å². The van der Waals surface area contributed by atoms with Gasteiger partial charge < -0.3 is 23.5 Å². The van der Waals surface area contributed by atoms with Gasteiger partial charge in [-0.2, -0.15) is 0 Å². The molecule has 6 heteroatoms. The van der Waals surface area contributed by atoms with E-state index in [1.165, 1.54) is 23.4 Å². The molecule has 1 aromatic heterocycles. The van der Waals surface area contributed by atoms with Gasteiger partial charge in [0.25, 0.3) is 0 Å². The maximum Gasteiger partial charge on any atom is 0.341 e. The first-order valence-electron chi connectivity index (χ1n) is 14.3. The van der Waals surface area contributed by atoms with Gasteiger partial charge in [-0.25, -0.2) is 4.79 Å². The van der Waals surface area contributed by atoms with E-state index in [0.29, 0.717) is 17.1 Å². The summed E-state index contributed by atoms with van der Waals surface area (Å²) in [4.78, 5) is 12.6. The quantitative estimate of drug-likeness (QED) is 0.190. The summed E-state index contributed by atoms with van der Waals surface area (Å²) in [6.07, 6.45) is 4.21. The Morgan fingerprint density at radius 3 is 2.30 bits per heavy atom. The predicted molar refractivity (Wildman–Crippen MR) is 170 cm³/mol. The summed E-state index contributed by atoms with van der Waals surface area (Å²) in [7, 11) is 4.58. The number of methoxy groups -OCH3 is 3. The van der Waals surface area contributed by atoms with Crippen molar-refractivity contribution in [1.29, 1.82) is 0 Å². The van der Waals surface area contributed by atoms with Crippen LogP contribution in [0.25, 0.3) is 38.7 Å². The lowest BCUT2D eigenvalue weighted by atomic mass is 9.82. The largest absolute Gasteiger partial charge is 0.497 e. The molecular formula is C37H31NO5. The average Bonchev–Trinajstić information content (AvgIpc) is 3.39. The Kier molecular flexibility index (Phi) is 6.35. The van der Waals surface area contributed by atoms with E-state index in [9.17, 15) is 4.79 Å². The van der Waals surface area contributed by atoms with Crippen molar-refractivity contribution in [2.24, 2.45) is 0 Å². The van der Waals surface area contributed by atoms with Crippen molar-refractivity contribution in [3.8, 4) is 17.2 Å². The molecule has 0 N–H and O–H groups in total. The van der Waals surface area contributed by atoms with Gasteiger partial charge >= 0.3 is 5.97 Å². The van der Waals surface area contributed by atoms with Crippen LogP contribution in [-0.4, -0.2) is 31.9 Å². The van der Waals surface area contributed by atoms with E-state index in [2.05, 4.69) is 78.2 Å². The lowest BCUT2D eigenvalue weighted by Crippen LogP contribution is -2.34. The van der Waals surface area contributed by atoms with Crippen LogP contribution < -0.4 is 14.2 Å². The molecule has 0 saturated carbocycles. The Labute approximate surface area is 249 Å². The van der Waals surface area contributed by atoms with Gasteiger partial charge in [-0.15, -0.1) is 0 Å². The molecule has 0 saturated heterocycles. The Morgan fingerprint density at radius 2 is 1.56 bits per heavy atom. The van der Waals surface area contributed by atoms with Crippen molar-refractivity contribution in [1.82, 2.24) is 4.57 Å². The van der Waals surface area contributed by atoms with E-state index in [1.807, 2.05) is 36.4 Å². The Balaban J connectivity index is 1.46. The lowest BCUT2D eigenvalue weighted by molar-refractivity contribution is 0.0597. The third-order valence-corrected chi connectivity index (χ3v) is 8.54. The number of aryl methyl sites for hydroxylation is 1. The molecule has 214 valence electrons. The normalized spacial score (nSPS) is 15.8. The van der Waals surface area contributed by atoms with E-state index in [0.717, 1.165) is 45.3 Å². The molecule has 0 amide bonds. The number of hydrogen-bond donors (Lipinski definition) is 0. The average molecular weight is 570 g/mol. The van der Waals surface area contributed by atoms with Gasteiger partial charge in [0.15, 0.2) is 5.60 Å². The van der Waals surface area contributed by atoms with Crippen LogP contribution in [0.15, 0.2) is 97.1 Å². The number of rotatable bonds is 6. The van der Waals surface area contributed by atoms with Crippen molar-refractivity contribution in [3.05, 3.63) is 119 Å². The van der Waals surface area contributed by atoms with E-state index >= 15 is 0 Å². The first-order valence-corrected chi connectivity index (χ1v) is 14.3. The maximum atomic E-state index is 12.6. The molecule has 0 radical (unpaired) electrons. The fourth-order valence-corrected chi connectivity index (χ4v) is 6.40. The third-order valence-electron chi connectivity index (χ3n) is 8.54. The van der Waals surface area contributed by atoms with E-state index in [1.54, 1.807) is 14.2 Å². The first kappa shape index (κ1) is 26.7. The second kappa shape index (κ2) is 10.2. The van der Waals surface area contributed by atoms with Crippen molar-refractivity contribution in [3.63, 3.8) is 0 Å². The Morgan fingerprint density at radius 1 is 0.791 bits per heavy atom. The topological polar surface area (TPSA) is 58.9 Å². The number of benzene rings is 5. The molecule has 5 aromatic carbocycles. The summed E-state index contributed by atoms with van der Waals surface area (Å²) in [5.41, 5.74) is 4.69. The summed E-state index contributed by atoms with van der Waals surface area (Å²) in [6.45, 7) is 3.02. The first-order chi connectivity index (χ1) is 21.0. The molecule has 1 aliphatic rings. The predicted octanol–water partition coefficient (Wildman–Crippen LogP) is 8.12. The van der Waals surface area contributed by atoms with Gasteiger partial charge in [-0.3, -0.25) is 0 Å². The summed E-state index contributed by atoms with van der Waals surface area (Å²) in [5.74, 6) is 1.50. The second-order valence-corrected chi connectivity index (χ2v) is 10.6. The van der Waals surface area contributed by atoms with Crippen LogP contribution in [0.4, 0.5) is 0 Å². The van der Waals surface area contributed by atoms with Crippen molar-refractivity contribution in [2.75, 3.05) is 21.3 Å². The van der Waals surface area contributed by atoms with Gasteiger partial charge in [0.2, 0.25) is 0 Å². The number of para-hydroxylation sites is 1. The number of aromatic nitrogens is 1. The zero-order chi connectivity index (χ0) is 29.7. The minimum absolute atomic E-state index is 0.365. The number of carbonyl (C=O) groups excluding carboxylic acids is 1. The summed E-state index contributed by atoms with van der Waals surface area (Å²) in [6, 6.07) is 30.8. The van der Waals surface area contributed by atoms with Crippen LogP contribution in [0.2, 0.25) is 0 Å². The number of esters is 1. The minimum atomic E-state index is -0.909. The molecule has 2 heterocycles. The van der Waals surface area contributed by atoms with Crippen LogP contribution in [0.5, 0.6) is 17.2 Å². The highest BCUT2D eigenvalue weighted by Gasteiger charge is 2.38. The third kappa shape index (κ3) is 4.05. The molecule has 1 atom stereocenters. The summed E-state index contributed by atoms with van der Waals surface area (Å²) < 4.78 is 25.4. The van der Waals surface area contributed by atoms with E-state index in [4.69, 9.17) is 18.9 Å². The van der Waals surface area contributed by atoms with E-state index in [-0.39, 0.29) is 0 Å². The Bertz CT molecular complexity index is 2070. The second-order valence-electron chi connectivity index (χ2n) is 10.6. The molecule has 43 heavy (non-hydrogen) atoms. The fraction of sp³-hybridized carbons (Fsp3) is 0.162.